The second-order valence-electron chi connectivity index (χ2n) is 7.93. The van der Waals surface area contributed by atoms with Crippen LogP contribution >= 0.6 is 0 Å². The molecule has 28 heavy (non-hydrogen) atoms. The summed E-state index contributed by atoms with van der Waals surface area (Å²) in [5, 5.41) is 9.85. The Labute approximate surface area is 162 Å². The molecule has 1 amide bonds. The van der Waals surface area contributed by atoms with Gasteiger partial charge < -0.3 is 24.0 Å². The highest BCUT2D eigenvalue weighted by Crippen LogP contribution is 2.41. The molecular formula is C21H22N2O5. The molecule has 0 radical (unpaired) electrons. The molecule has 0 spiro atoms. The summed E-state index contributed by atoms with van der Waals surface area (Å²) < 4.78 is 12.3. The average molecular weight is 382 g/mol. The number of nitrogens with zero attached hydrogens (tertiary/aromatic N) is 2. The Balaban J connectivity index is 1.42. The number of fused-ring (bicyclic) bond motifs is 2. The van der Waals surface area contributed by atoms with Crippen molar-refractivity contribution in [2.45, 2.75) is 26.0 Å². The number of pyridine rings is 1. The first-order valence-corrected chi connectivity index (χ1v) is 9.57. The number of benzene rings is 1. The molecule has 1 aromatic heterocycles. The second-order valence-corrected chi connectivity index (χ2v) is 7.93. The van der Waals surface area contributed by atoms with Crippen molar-refractivity contribution in [1.29, 1.82) is 0 Å². The van der Waals surface area contributed by atoms with Crippen LogP contribution in [0.5, 0.6) is 11.5 Å². The van der Waals surface area contributed by atoms with Gasteiger partial charge in [-0.1, -0.05) is 6.07 Å². The first-order chi connectivity index (χ1) is 13.5. The van der Waals surface area contributed by atoms with E-state index in [1.54, 1.807) is 28.7 Å². The van der Waals surface area contributed by atoms with Crippen LogP contribution in [0.3, 0.4) is 0 Å². The normalized spacial score (nSPS) is 24.8. The maximum atomic E-state index is 13.1. The van der Waals surface area contributed by atoms with Crippen molar-refractivity contribution in [3.63, 3.8) is 0 Å². The largest absolute Gasteiger partial charge is 0.454 e. The van der Waals surface area contributed by atoms with E-state index in [-0.39, 0.29) is 35.8 Å². The molecule has 1 aliphatic carbocycles. The van der Waals surface area contributed by atoms with Crippen molar-refractivity contribution in [3.8, 4) is 11.5 Å². The molecule has 2 aromatic rings. The van der Waals surface area contributed by atoms with Gasteiger partial charge in [0.15, 0.2) is 11.5 Å². The van der Waals surface area contributed by atoms with Crippen LogP contribution in [0.1, 0.15) is 27.9 Å². The predicted octanol–water partition coefficient (Wildman–Crippen LogP) is 1.39. The number of ether oxygens (including phenoxy) is 2. The summed E-state index contributed by atoms with van der Waals surface area (Å²) in [6.07, 6.45) is 2.15. The van der Waals surface area contributed by atoms with Gasteiger partial charge in [0, 0.05) is 25.2 Å². The molecule has 146 valence electrons. The Kier molecular flexibility index (Phi) is 3.94. The minimum absolute atomic E-state index is 0.156. The zero-order chi connectivity index (χ0) is 19.4. The summed E-state index contributed by atoms with van der Waals surface area (Å²) in [7, 11) is 0. The first kappa shape index (κ1) is 17.3. The van der Waals surface area contributed by atoms with Gasteiger partial charge in [-0.25, -0.2) is 0 Å². The third-order valence-electron chi connectivity index (χ3n) is 6.19. The lowest BCUT2D eigenvalue weighted by atomic mass is 9.74. The van der Waals surface area contributed by atoms with Gasteiger partial charge in [0.05, 0.1) is 12.6 Å². The number of rotatable bonds is 3. The van der Waals surface area contributed by atoms with E-state index in [2.05, 4.69) is 0 Å². The molecule has 7 nitrogen and oxygen atoms in total. The predicted molar refractivity (Wildman–Crippen MR) is 101 cm³/mol. The Morgan fingerprint density at radius 1 is 1.21 bits per heavy atom. The number of aliphatic hydroxyl groups is 1. The number of hydrogen-bond acceptors (Lipinski definition) is 5. The van der Waals surface area contributed by atoms with Crippen LogP contribution < -0.4 is 15.0 Å². The summed E-state index contributed by atoms with van der Waals surface area (Å²) in [6.45, 7) is 3.49. The molecular weight excluding hydrogens is 360 g/mol. The minimum Gasteiger partial charge on any atom is -0.454 e. The van der Waals surface area contributed by atoms with E-state index in [1.807, 2.05) is 18.2 Å². The van der Waals surface area contributed by atoms with Crippen LogP contribution in [0.25, 0.3) is 0 Å². The molecule has 3 heterocycles. The van der Waals surface area contributed by atoms with E-state index in [0.717, 1.165) is 12.0 Å². The van der Waals surface area contributed by atoms with Gasteiger partial charge in [-0.3, -0.25) is 9.59 Å². The molecule has 2 fully saturated rings. The molecule has 5 rings (SSSR count). The summed E-state index contributed by atoms with van der Waals surface area (Å²) in [5.74, 6) is 1.65. The highest BCUT2D eigenvalue weighted by atomic mass is 16.7. The highest BCUT2D eigenvalue weighted by Gasteiger charge is 2.47. The minimum atomic E-state index is -0.317. The van der Waals surface area contributed by atoms with Crippen molar-refractivity contribution >= 4 is 5.91 Å². The number of aromatic nitrogens is 1. The molecule has 0 unspecified atom stereocenters. The molecule has 7 heteroatoms. The molecule has 1 saturated carbocycles. The van der Waals surface area contributed by atoms with Crippen molar-refractivity contribution in [3.05, 3.63) is 57.5 Å². The standard InChI is InChI=1S/C21H22N2O5/c1-12-4-5-22(8-13-2-3-17-18(6-13)28-11-27-17)20(25)19(12)21(26)23-9-14-7-16(24)15(14)10-23/h2-6,14-16,24H,7-11H2,1H3/t14-,15+,16+/m0/s1. The second kappa shape index (κ2) is 6.38. The third-order valence-corrected chi connectivity index (χ3v) is 6.19. The van der Waals surface area contributed by atoms with Crippen molar-refractivity contribution in [2.24, 2.45) is 11.8 Å². The number of amides is 1. The van der Waals surface area contributed by atoms with Crippen LogP contribution in [0, 0.1) is 18.8 Å². The molecule has 1 aromatic carbocycles. The number of likely N-dealkylation sites (tertiary alicyclic amines) is 1. The number of hydrogen-bond donors (Lipinski definition) is 1. The number of aryl methyl sites for hydroxylation is 1. The van der Waals surface area contributed by atoms with Gasteiger partial charge >= 0.3 is 0 Å². The Hall–Kier alpha value is -2.80. The topological polar surface area (TPSA) is 81.0 Å². The highest BCUT2D eigenvalue weighted by molar-refractivity contribution is 5.95. The van der Waals surface area contributed by atoms with Crippen LogP contribution in [0.4, 0.5) is 0 Å². The Morgan fingerprint density at radius 3 is 2.82 bits per heavy atom. The summed E-state index contributed by atoms with van der Waals surface area (Å²) in [6, 6.07) is 7.38. The molecule has 2 aliphatic heterocycles. The number of carbonyl (C=O) groups excluding carboxylic acids is 1. The molecule has 1 N–H and O–H groups in total. The van der Waals surface area contributed by atoms with Crippen LogP contribution in [0.2, 0.25) is 0 Å². The van der Waals surface area contributed by atoms with Gasteiger partial charge in [-0.2, -0.15) is 0 Å². The fraction of sp³-hybridized carbons (Fsp3) is 0.429. The Bertz CT molecular complexity index is 1010. The van der Waals surface area contributed by atoms with E-state index in [0.29, 0.717) is 42.6 Å². The quantitative estimate of drug-likeness (QED) is 0.868. The molecule has 1 saturated heterocycles. The lowest BCUT2D eigenvalue weighted by molar-refractivity contribution is -0.00427. The van der Waals surface area contributed by atoms with Gasteiger partial charge in [-0.05, 0) is 48.6 Å². The third kappa shape index (κ3) is 2.69. The van der Waals surface area contributed by atoms with Crippen molar-refractivity contribution in [2.75, 3.05) is 19.9 Å². The zero-order valence-corrected chi connectivity index (χ0v) is 15.6. The van der Waals surface area contributed by atoms with Gasteiger partial charge in [0.25, 0.3) is 11.5 Å². The van der Waals surface area contributed by atoms with E-state index in [4.69, 9.17) is 9.47 Å². The summed E-state index contributed by atoms with van der Waals surface area (Å²) in [4.78, 5) is 27.9. The van der Waals surface area contributed by atoms with Crippen LogP contribution in [0.15, 0.2) is 35.3 Å². The monoisotopic (exact) mass is 382 g/mol. The van der Waals surface area contributed by atoms with Crippen molar-refractivity contribution in [1.82, 2.24) is 9.47 Å². The number of carbonyl (C=O) groups is 1. The maximum Gasteiger partial charge on any atom is 0.263 e. The maximum absolute atomic E-state index is 13.1. The van der Waals surface area contributed by atoms with Gasteiger partial charge in [0.1, 0.15) is 5.56 Å². The molecule has 0 bridgehead atoms. The lowest BCUT2D eigenvalue weighted by Crippen LogP contribution is -2.40. The fourth-order valence-corrected chi connectivity index (χ4v) is 4.48. The van der Waals surface area contributed by atoms with E-state index in [1.165, 1.54) is 0 Å². The average Bonchev–Trinajstić information content (AvgIpc) is 3.27. The first-order valence-electron chi connectivity index (χ1n) is 9.57. The lowest BCUT2D eigenvalue weighted by Gasteiger charge is -2.34. The zero-order valence-electron chi connectivity index (χ0n) is 15.6. The summed E-state index contributed by atoms with van der Waals surface area (Å²) in [5.41, 5.74) is 1.51. The number of aliphatic hydroxyl groups excluding tert-OH is 1. The van der Waals surface area contributed by atoms with Crippen LogP contribution in [-0.2, 0) is 6.54 Å². The van der Waals surface area contributed by atoms with Crippen LogP contribution in [-0.4, -0.2) is 46.5 Å². The van der Waals surface area contributed by atoms with Gasteiger partial charge in [0.2, 0.25) is 6.79 Å². The Morgan fingerprint density at radius 2 is 2.04 bits per heavy atom. The molecule has 3 atom stereocenters. The SMILES string of the molecule is Cc1ccn(Cc2ccc3c(c2)OCO3)c(=O)c1C(=O)N1C[C@@H]2C[C@@H](O)[C@@H]2C1. The van der Waals surface area contributed by atoms with E-state index < -0.39 is 0 Å². The summed E-state index contributed by atoms with van der Waals surface area (Å²) >= 11 is 0. The smallest absolute Gasteiger partial charge is 0.263 e. The van der Waals surface area contributed by atoms with E-state index >= 15 is 0 Å². The fourth-order valence-electron chi connectivity index (χ4n) is 4.48. The van der Waals surface area contributed by atoms with E-state index in [9.17, 15) is 14.7 Å². The molecule has 3 aliphatic rings. The van der Waals surface area contributed by atoms with Gasteiger partial charge in [-0.15, -0.1) is 0 Å². The van der Waals surface area contributed by atoms with Crippen molar-refractivity contribution < 1.29 is 19.4 Å².